The number of hydrogen-bond donors (Lipinski definition) is 2. The third kappa shape index (κ3) is 5.25. The van der Waals surface area contributed by atoms with Crippen LogP contribution in [0.4, 0.5) is 11.4 Å². The summed E-state index contributed by atoms with van der Waals surface area (Å²) in [5.41, 5.74) is 2.76. The summed E-state index contributed by atoms with van der Waals surface area (Å²) in [6.07, 6.45) is 7.17. The number of likely N-dealkylation sites (tertiary alicyclic amines) is 1. The van der Waals surface area contributed by atoms with Gasteiger partial charge in [0.05, 0.1) is 39.3 Å². The molecule has 0 aromatic heterocycles. The molecule has 9 heteroatoms. The Kier molecular flexibility index (Phi) is 8.21. The van der Waals surface area contributed by atoms with E-state index < -0.39 is 17.0 Å². The van der Waals surface area contributed by atoms with Crippen molar-refractivity contribution in [1.82, 2.24) is 4.90 Å². The number of unbranched alkanes of at least 4 members (excludes halogenated alkanes) is 1. The average Bonchev–Trinajstić information content (AvgIpc) is 3.80. The van der Waals surface area contributed by atoms with Crippen molar-refractivity contribution in [2.45, 2.75) is 94.0 Å². The fraction of sp³-hybridized carbons (Fsp3) is 0.500. The van der Waals surface area contributed by atoms with Gasteiger partial charge in [0.15, 0.2) is 11.5 Å². The van der Waals surface area contributed by atoms with E-state index in [1.165, 1.54) is 18.4 Å². The predicted octanol–water partition coefficient (Wildman–Crippen LogP) is 7.63. The molecule has 0 amide bonds. The van der Waals surface area contributed by atoms with Crippen LogP contribution in [0, 0.1) is 5.92 Å². The van der Waals surface area contributed by atoms with Gasteiger partial charge in [0.25, 0.3) is 0 Å². The van der Waals surface area contributed by atoms with Gasteiger partial charge in [-0.1, -0.05) is 66.9 Å². The molecule has 1 saturated heterocycles. The molecule has 3 aromatic rings. The number of hydrogen-bond acceptors (Lipinski definition) is 7. The zero-order valence-corrected chi connectivity index (χ0v) is 28.3. The van der Waals surface area contributed by atoms with E-state index in [1.54, 1.807) is 18.2 Å². The van der Waals surface area contributed by atoms with Crippen LogP contribution in [-0.2, 0) is 27.8 Å². The summed E-state index contributed by atoms with van der Waals surface area (Å²) in [5.74, 6) is 1.35. The monoisotopic (exact) mass is 676 g/mol. The molecule has 2 N–H and O–H groups in total. The summed E-state index contributed by atoms with van der Waals surface area (Å²) in [7, 11) is 0. The molecule has 0 radical (unpaired) electrons. The van der Waals surface area contributed by atoms with Crippen molar-refractivity contribution < 1.29 is 24.1 Å². The minimum absolute atomic E-state index is 0.0290. The number of anilines is 2. The average molecular weight is 678 g/mol. The molecule has 47 heavy (non-hydrogen) atoms. The number of esters is 1. The summed E-state index contributed by atoms with van der Waals surface area (Å²) in [4.78, 5) is 16.2. The molecule has 2 unspecified atom stereocenters. The molecule has 1 spiro atoms. The standard InChI is InChI=1S/C38H42Cl2N2O5/c1-2-3-19-45-30-15-16-38(44)31-20-25-13-14-29(35-33(25)37(38,36(30)47-35)17-18-42(31)22-23-11-12-23)46-32(43)21-24-7-4-5-10-28(24)41-34-26(39)8-6-9-27(34)40/h4-10,13-14,23,30-31,36,41,44H,2-3,11-12,15-22H2,1H3/t30?,31-,36?,37+,38-/m1/s1. The number of nitrogens with one attached hydrogen (secondary N) is 1. The fourth-order valence-corrected chi connectivity index (χ4v) is 9.41. The van der Waals surface area contributed by atoms with Gasteiger partial charge >= 0.3 is 5.97 Å². The highest BCUT2D eigenvalue weighted by molar-refractivity contribution is 6.39. The van der Waals surface area contributed by atoms with Crippen molar-refractivity contribution >= 4 is 40.5 Å². The number of piperidine rings is 1. The fourth-order valence-electron chi connectivity index (χ4n) is 8.92. The lowest BCUT2D eigenvalue weighted by Gasteiger charge is -2.64. The van der Waals surface area contributed by atoms with Gasteiger partial charge in [0.2, 0.25) is 0 Å². The van der Waals surface area contributed by atoms with Crippen LogP contribution >= 0.6 is 23.2 Å². The van der Waals surface area contributed by atoms with Crippen molar-refractivity contribution in [2.75, 3.05) is 25.0 Å². The minimum Gasteiger partial charge on any atom is -0.482 e. The maximum atomic E-state index is 13.6. The maximum Gasteiger partial charge on any atom is 0.315 e. The Labute approximate surface area is 286 Å². The third-order valence-electron chi connectivity index (χ3n) is 11.3. The van der Waals surface area contributed by atoms with E-state index in [9.17, 15) is 9.90 Å². The molecule has 2 aliphatic heterocycles. The van der Waals surface area contributed by atoms with Gasteiger partial charge in [-0.3, -0.25) is 9.69 Å². The molecular weight excluding hydrogens is 635 g/mol. The van der Waals surface area contributed by atoms with E-state index in [4.69, 9.17) is 37.4 Å². The Balaban J connectivity index is 1.10. The number of aliphatic hydroxyl groups is 1. The van der Waals surface area contributed by atoms with Crippen molar-refractivity contribution in [3.63, 3.8) is 0 Å². The van der Waals surface area contributed by atoms with Gasteiger partial charge in [-0.25, -0.2) is 0 Å². The molecule has 7 nitrogen and oxygen atoms in total. The number of carbonyl (C=O) groups excluding carboxylic acids is 1. The molecule has 3 fully saturated rings. The van der Waals surface area contributed by atoms with E-state index in [0.717, 1.165) is 67.9 Å². The Morgan fingerprint density at radius 3 is 2.66 bits per heavy atom. The van der Waals surface area contributed by atoms with Crippen LogP contribution in [0.2, 0.25) is 10.0 Å². The molecular formula is C38H42Cl2N2O5. The Morgan fingerprint density at radius 1 is 1.06 bits per heavy atom. The Hall–Kier alpha value is -2.81. The second kappa shape index (κ2) is 12.3. The first kappa shape index (κ1) is 31.5. The molecule has 5 aliphatic rings. The molecule has 2 saturated carbocycles. The van der Waals surface area contributed by atoms with E-state index in [1.807, 2.05) is 30.3 Å². The molecule has 3 aromatic carbocycles. The van der Waals surface area contributed by atoms with Crippen molar-refractivity contribution in [3.8, 4) is 11.5 Å². The van der Waals surface area contributed by atoms with Crippen LogP contribution in [0.1, 0.15) is 68.6 Å². The smallest absolute Gasteiger partial charge is 0.315 e. The number of para-hydroxylation sites is 2. The molecule has 248 valence electrons. The van der Waals surface area contributed by atoms with Crippen LogP contribution in [0.5, 0.6) is 11.5 Å². The van der Waals surface area contributed by atoms with Crippen LogP contribution in [0.3, 0.4) is 0 Å². The van der Waals surface area contributed by atoms with Gasteiger partial charge in [0, 0.05) is 30.4 Å². The summed E-state index contributed by atoms with van der Waals surface area (Å²) in [6, 6.07) is 16.9. The number of halogens is 2. The van der Waals surface area contributed by atoms with Crippen LogP contribution in [-0.4, -0.2) is 59.5 Å². The highest BCUT2D eigenvalue weighted by Gasteiger charge is 2.73. The Bertz CT molecular complexity index is 1680. The summed E-state index contributed by atoms with van der Waals surface area (Å²) < 4.78 is 19.6. The summed E-state index contributed by atoms with van der Waals surface area (Å²) in [5, 5.41) is 17.1. The minimum atomic E-state index is -0.930. The van der Waals surface area contributed by atoms with Crippen molar-refractivity contribution in [1.29, 1.82) is 0 Å². The first-order valence-corrected chi connectivity index (χ1v) is 18.0. The lowest BCUT2D eigenvalue weighted by molar-refractivity contribution is -0.215. The molecule has 3 aliphatic carbocycles. The van der Waals surface area contributed by atoms with Gasteiger partial charge in [0.1, 0.15) is 6.10 Å². The SMILES string of the molecule is CCCCOC1CC[C@@]2(O)[C@H]3Cc4ccc(OC(=O)Cc5ccccc5Nc5c(Cl)cccc5Cl)c5c4[C@@]2(CCN3CC2CC2)C1O5. The van der Waals surface area contributed by atoms with Crippen LogP contribution in [0.15, 0.2) is 54.6 Å². The zero-order chi connectivity index (χ0) is 32.3. The number of nitrogens with zero attached hydrogens (tertiary/aromatic N) is 1. The van der Waals surface area contributed by atoms with Crippen LogP contribution in [0.25, 0.3) is 0 Å². The molecule has 8 rings (SSSR count). The topological polar surface area (TPSA) is 80.3 Å². The zero-order valence-electron chi connectivity index (χ0n) is 26.8. The van der Waals surface area contributed by atoms with Crippen molar-refractivity contribution in [2.24, 2.45) is 5.92 Å². The maximum absolute atomic E-state index is 13.6. The predicted molar refractivity (Wildman–Crippen MR) is 183 cm³/mol. The second-order valence-corrected chi connectivity index (χ2v) is 14.9. The van der Waals surface area contributed by atoms with Gasteiger partial charge in [-0.15, -0.1) is 0 Å². The first-order chi connectivity index (χ1) is 22.8. The summed E-state index contributed by atoms with van der Waals surface area (Å²) in [6.45, 7) is 4.82. The second-order valence-electron chi connectivity index (χ2n) is 14.1. The Morgan fingerprint density at radius 2 is 1.87 bits per heavy atom. The highest BCUT2D eigenvalue weighted by atomic mass is 35.5. The number of rotatable bonds is 11. The van der Waals surface area contributed by atoms with E-state index in [0.29, 0.717) is 40.3 Å². The van der Waals surface area contributed by atoms with E-state index >= 15 is 0 Å². The van der Waals surface area contributed by atoms with Gasteiger partial charge in [-0.2, -0.15) is 0 Å². The number of benzene rings is 3. The lowest BCUT2D eigenvalue weighted by atomic mass is 9.48. The third-order valence-corrected chi connectivity index (χ3v) is 12.0. The summed E-state index contributed by atoms with van der Waals surface area (Å²) >= 11 is 12.8. The highest BCUT2D eigenvalue weighted by Crippen LogP contribution is 2.66. The van der Waals surface area contributed by atoms with Crippen molar-refractivity contribution in [3.05, 3.63) is 81.3 Å². The van der Waals surface area contributed by atoms with E-state index in [-0.39, 0.29) is 24.7 Å². The first-order valence-electron chi connectivity index (χ1n) is 17.2. The molecule has 2 bridgehead atoms. The molecule has 5 atom stereocenters. The number of ether oxygens (including phenoxy) is 3. The lowest BCUT2D eigenvalue weighted by Crippen LogP contribution is -2.77. The van der Waals surface area contributed by atoms with Gasteiger partial charge < -0.3 is 24.6 Å². The molecule has 2 heterocycles. The largest absolute Gasteiger partial charge is 0.482 e. The number of carbonyl (C=O) groups is 1. The van der Waals surface area contributed by atoms with Gasteiger partial charge in [-0.05, 0) is 92.8 Å². The quantitative estimate of drug-likeness (QED) is 0.123. The van der Waals surface area contributed by atoms with Crippen LogP contribution < -0.4 is 14.8 Å². The van der Waals surface area contributed by atoms with E-state index in [2.05, 4.69) is 23.2 Å². The normalized spacial score (nSPS) is 28.8.